The highest BCUT2D eigenvalue weighted by atomic mass is 32.2. The van der Waals surface area contributed by atoms with E-state index < -0.39 is 5.97 Å². The van der Waals surface area contributed by atoms with Gasteiger partial charge in [-0.3, -0.25) is 4.68 Å². The first-order valence-corrected chi connectivity index (χ1v) is 5.29. The zero-order chi connectivity index (χ0) is 9.26. The third kappa shape index (κ3) is 1.56. The molecule has 2 heterocycles. The highest BCUT2D eigenvalue weighted by molar-refractivity contribution is 7.99. The Morgan fingerprint density at radius 3 is 3.23 bits per heavy atom. The number of hydrogen-bond donors (Lipinski definition) is 1. The van der Waals surface area contributed by atoms with Gasteiger partial charge in [0.2, 0.25) is 0 Å². The molecule has 0 amide bonds. The van der Waals surface area contributed by atoms with E-state index in [1.54, 1.807) is 16.9 Å². The summed E-state index contributed by atoms with van der Waals surface area (Å²) in [5.74, 6) is 1.18. The fraction of sp³-hybridized carbons (Fsp3) is 0.500. The van der Waals surface area contributed by atoms with Gasteiger partial charge < -0.3 is 5.11 Å². The Hall–Kier alpha value is -0.970. The van der Waals surface area contributed by atoms with Crippen LogP contribution in [-0.4, -0.2) is 32.4 Å². The van der Waals surface area contributed by atoms with Crippen molar-refractivity contribution in [3.05, 3.63) is 18.0 Å². The summed E-state index contributed by atoms with van der Waals surface area (Å²) < 4.78 is 1.63. The van der Waals surface area contributed by atoms with Crippen molar-refractivity contribution in [2.75, 3.05) is 11.5 Å². The van der Waals surface area contributed by atoms with Crippen LogP contribution in [0.1, 0.15) is 23.0 Å². The zero-order valence-corrected chi connectivity index (χ0v) is 7.83. The minimum Gasteiger partial charge on any atom is -0.477 e. The van der Waals surface area contributed by atoms with E-state index in [4.69, 9.17) is 5.11 Å². The Kier molecular flexibility index (Phi) is 2.26. The number of hydrogen-bond acceptors (Lipinski definition) is 3. The second-order valence-electron chi connectivity index (χ2n) is 2.98. The van der Waals surface area contributed by atoms with Crippen molar-refractivity contribution in [2.45, 2.75) is 12.5 Å². The summed E-state index contributed by atoms with van der Waals surface area (Å²) in [6.45, 7) is 0. The predicted octanol–water partition coefficient (Wildman–Crippen LogP) is 1.26. The van der Waals surface area contributed by atoms with Crippen molar-refractivity contribution >= 4 is 17.7 Å². The lowest BCUT2D eigenvalue weighted by Crippen LogP contribution is -2.15. The largest absolute Gasteiger partial charge is 0.477 e. The van der Waals surface area contributed by atoms with Crippen molar-refractivity contribution in [3.8, 4) is 0 Å². The van der Waals surface area contributed by atoms with E-state index in [-0.39, 0.29) is 6.04 Å². The summed E-state index contributed by atoms with van der Waals surface area (Å²) in [6, 6.07) is 1.82. The molecule has 1 aliphatic rings. The molecule has 1 unspecified atom stereocenters. The van der Waals surface area contributed by atoms with Crippen LogP contribution >= 0.6 is 11.8 Å². The molecule has 70 valence electrons. The van der Waals surface area contributed by atoms with Crippen LogP contribution in [-0.2, 0) is 0 Å². The van der Waals surface area contributed by atoms with Crippen LogP contribution in [0.3, 0.4) is 0 Å². The highest BCUT2D eigenvalue weighted by Gasteiger charge is 2.22. The molecule has 1 N–H and O–H groups in total. The second-order valence-corrected chi connectivity index (χ2v) is 4.13. The molecule has 1 aromatic heterocycles. The molecule has 1 aromatic rings. The van der Waals surface area contributed by atoms with E-state index in [9.17, 15) is 4.79 Å². The van der Waals surface area contributed by atoms with Crippen molar-refractivity contribution < 1.29 is 9.90 Å². The number of rotatable bonds is 2. The zero-order valence-electron chi connectivity index (χ0n) is 7.01. The number of carboxylic acids is 1. The molecule has 1 fully saturated rings. The lowest BCUT2D eigenvalue weighted by atomic mass is 10.2. The van der Waals surface area contributed by atoms with E-state index in [0.29, 0.717) is 5.69 Å². The molecule has 0 bridgehead atoms. The molecular weight excluding hydrogens is 188 g/mol. The van der Waals surface area contributed by atoms with Gasteiger partial charge in [-0.2, -0.15) is 16.9 Å². The minimum atomic E-state index is -0.894. The van der Waals surface area contributed by atoms with Gasteiger partial charge >= 0.3 is 5.97 Å². The molecule has 4 nitrogen and oxygen atoms in total. The average Bonchev–Trinajstić information content (AvgIpc) is 2.74. The summed E-state index contributed by atoms with van der Waals surface area (Å²) in [6.07, 6.45) is 2.57. The van der Waals surface area contributed by atoms with E-state index in [0.717, 1.165) is 17.9 Å². The Morgan fingerprint density at radius 1 is 1.77 bits per heavy atom. The maximum atomic E-state index is 10.8. The summed E-state index contributed by atoms with van der Waals surface area (Å²) in [7, 11) is 0. The number of carboxylic acid groups (broad SMARTS) is 1. The molecule has 5 heteroatoms. The minimum absolute atomic E-state index is 0.270. The van der Waals surface area contributed by atoms with Crippen LogP contribution in [0.5, 0.6) is 0 Å². The first kappa shape index (κ1) is 8.62. The molecule has 0 aliphatic carbocycles. The van der Waals surface area contributed by atoms with Gasteiger partial charge in [0.05, 0.1) is 6.04 Å². The van der Waals surface area contributed by atoms with E-state index in [1.807, 2.05) is 11.8 Å². The number of thioether (sulfide) groups is 1. The van der Waals surface area contributed by atoms with Gasteiger partial charge in [-0.1, -0.05) is 0 Å². The van der Waals surface area contributed by atoms with Crippen molar-refractivity contribution in [1.29, 1.82) is 0 Å². The Labute approximate surface area is 79.9 Å². The maximum Gasteiger partial charge on any atom is 0.354 e. The van der Waals surface area contributed by atoms with Gasteiger partial charge in [0, 0.05) is 11.9 Å². The monoisotopic (exact) mass is 198 g/mol. The van der Waals surface area contributed by atoms with E-state index in [2.05, 4.69) is 5.10 Å². The third-order valence-electron chi connectivity index (χ3n) is 2.14. The van der Waals surface area contributed by atoms with Crippen LogP contribution in [0.25, 0.3) is 0 Å². The van der Waals surface area contributed by atoms with Crippen molar-refractivity contribution in [2.24, 2.45) is 0 Å². The maximum absolute atomic E-state index is 10.8. The number of aromatic nitrogens is 2. The highest BCUT2D eigenvalue weighted by Crippen LogP contribution is 2.28. The molecule has 1 saturated heterocycles. The summed E-state index contributed by atoms with van der Waals surface area (Å²) >= 11 is 1.85. The first-order valence-electron chi connectivity index (χ1n) is 4.13. The van der Waals surface area contributed by atoms with E-state index in [1.165, 1.54) is 0 Å². The van der Waals surface area contributed by atoms with E-state index >= 15 is 0 Å². The summed E-state index contributed by atoms with van der Waals surface area (Å²) in [5.41, 5.74) is 0.299. The topological polar surface area (TPSA) is 55.1 Å². The predicted molar refractivity (Wildman–Crippen MR) is 50.2 cm³/mol. The second kappa shape index (κ2) is 3.41. The Morgan fingerprint density at radius 2 is 2.62 bits per heavy atom. The Balaban J connectivity index is 2.28. The molecule has 1 atom stereocenters. The van der Waals surface area contributed by atoms with Gasteiger partial charge in [0.1, 0.15) is 5.69 Å². The number of aromatic carboxylic acids is 1. The van der Waals surface area contributed by atoms with Gasteiger partial charge in [0.25, 0.3) is 0 Å². The van der Waals surface area contributed by atoms with Crippen LogP contribution in [0, 0.1) is 0 Å². The average molecular weight is 198 g/mol. The normalized spacial score (nSPS) is 22.0. The quantitative estimate of drug-likeness (QED) is 0.777. The summed E-state index contributed by atoms with van der Waals surface area (Å²) in [4.78, 5) is 10.8. The van der Waals surface area contributed by atoms with Crippen LogP contribution in [0.4, 0.5) is 0 Å². The molecule has 0 saturated carbocycles. The number of nitrogens with zero attached hydrogens (tertiary/aromatic N) is 2. The number of carbonyl (C=O) groups is 1. The SMILES string of the molecule is O=C(O)c1ccnn1C1CCSC1. The molecule has 1 aliphatic heterocycles. The molecular formula is C8H10N2O2S. The van der Waals surface area contributed by atoms with Crippen LogP contribution < -0.4 is 0 Å². The van der Waals surface area contributed by atoms with Crippen molar-refractivity contribution in [3.63, 3.8) is 0 Å². The fourth-order valence-corrected chi connectivity index (χ4v) is 2.67. The third-order valence-corrected chi connectivity index (χ3v) is 3.29. The molecule has 2 rings (SSSR count). The molecule has 0 spiro atoms. The van der Waals surface area contributed by atoms with Gasteiger partial charge in [0.15, 0.2) is 0 Å². The Bertz CT molecular complexity index is 318. The molecule has 13 heavy (non-hydrogen) atoms. The standard InChI is InChI=1S/C8H10N2O2S/c11-8(12)7-1-3-9-10(7)6-2-4-13-5-6/h1,3,6H,2,4-5H2,(H,11,12). The first-order chi connectivity index (χ1) is 6.29. The lowest BCUT2D eigenvalue weighted by molar-refractivity contribution is 0.0681. The summed E-state index contributed by atoms with van der Waals surface area (Å²) in [5, 5.41) is 12.9. The lowest BCUT2D eigenvalue weighted by Gasteiger charge is -2.10. The fourth-order valence-electron chi connectivity index (χ4n) is 1.49. The van der Waals surface area contributed by atoms with Crippen molar-refractivity contribution in [1.82, 2.24) is 9.78 Å². The molecule has 0 radical (unpaired) electrons. The van der Waals surface area contributed by atoms with Crippen LogP contribution in [0.15, 0.2) is 12.3 Å². The van der Waals surface area contributed by atoms with Gasteiger partial charge in [-0.15, -0.1) is 0 Å². The van der Waals surface area contributed by atoms with Gasteiger partial charge in [-0.05, 0) is 18.2 Å². The smallest absolute Gasteiger partial charge is 0.354 e. The van der Waals surface area contributed by atoms with Gasteiger partial charge in [-0.25, -0.2) is 4.79 Å². The molecule has 0 aromatic carbocycles. The van der Waals surface area contributed by atoms with Crippen LogP contribution in [0.2, 0.25) is 0 Å².